The SMILES string of the molecule is Cc1cc(C)cc(CSc2ccc(C(=O)O)c(Br)c2F)c1. The Labute approximate surface area is 135 Å². The van der Waals surface area contributed by atoms with Crippen molar-refractivity contribution in [2.24, 2.45) is 0 Å². The molecular weight excluding hydrogens is 355 g/mol. The zero-order chi connectivity index (χ0) is 15.6. The van der Waals surface area contributed by atoms with E-state index in [2.05, 4.69) is 34.1 Å². The third-order valence-electron chi connectivity index (χ3n) is 2.95. The quantitative estimate of drug-likeness (QED) is 0.753. The third-order valence-corrected chi connectivity index (χ3v) is 4.83. The van der Waals surface area contributed by atoms with Gasteiger partial charge in [0.05, 0.1) is 10.0 Å². The fourth-order valence-electron chi connectivity index (χ4n) is 2.12. The number of thioether (sulfide) groups is 1. The van der Waals surface area contributed by atoms with Gasteiger partial charge in [-0.25, -0.2) is 9.18 Å². The lowest BCUT2D eigenvalue weighted by Crippen LogP contribution is -2.00. The molecule has 0 bridgehead atoms. The van der Waals surface area contributed by atoms with Crippen LogP contribution in [-0.2, 0) is 5.75 Å². The molecule has 0 unspecified atom stereocenters. The summed E-state index contributed by atoms with van der Waals surface area (Å²) in [5, 5.41) is 8.95. The molecule has 1 N–H and O–H groups in total. The molecule has 0 aliphatic rings. The largest absolute Gasteiger partial charge is 0.478 e. The molecule has 0 heterocycles. The molecule has 0 atom stereocenters. The first-order valence-electron chi connectivity index (χ1n) is 6.29. The van der Waals surface area contributed by atoms with E-state index in [-0.39, 0.29) is 10.0 Å². The minimum atomic E-state index is -1.15. The van der Waals surface area contributed by atoms with Crippen molar-refractivity contribution in [1.29, 1.82) is 0 Å². The van der Waals surface area contributed by atoms with E-state index in [0.717, 1.165) is 5.56 Å². The van der Waals surface area contributed by atoms with E-state index in [9.17, 15) is 9.18 Å². The Morgan fingerprint density at radius 1 is 1.24 bits per heavy atom. The predicted molar refractivity (Wildman–Crippen MR) is 86.5 cm³/mol. The number of aryl methyl sites for hydroxylation is 2. The second-order valence-corrected chi connectivity index (χ2v) is 6.64. The lowest BCUT2D eigenvalue weighted by Gasteiger charge is -2.08. The fraction of sp³-hybridized carbons (Fsp3) is 0.188. The van der Waals surface area contributed by atoms with Gasteiger partial charge in [0.1, 0.15) is 0 Å². The average molecular weight is 369 g/mol. The van der Waals surface area contributed by atoms with Gasteiger partial charge in [-0.2, -0.15) is 0 Å². The Morgan fingerprint density at radius 3 is 2.43 bits per heavy atom. The normalized spacial score (nSPS) is 10.7. The second kappa shape index (κ2) is 6.62. The maximum Gasteiger partial charge on any atom is 0.336 e. The van der Waals surface area contributed by atoms with Crippen molar-refractivity contribution in [2.75, 3.05) is 0 Å². The molecule has 0 aromatic heterocycles. The van der Waals surface area contributed by atoms with Crippen LogP contribution in [0.25, 0.3) is 0 Å². The summed E-state index contributed by atoms with van der Waals surface area (Å²) in [6.07, 6.45) is 0. The molecule has 2 nitrogen and oxygen atoms in total. The average Bonchev–Trinajstić information content (AvgIpc) is 2.39. The number of aromatic carboxylic acids is 1. The maximum atomic E-state index is 14.2. The maximum absolute atomic E-state index is 14.2. The molecule has 2 aromatic carbocycles. The summed E-state index contributed by atoms with van der Waals surface area (Å²) in [5.74, 6) is -1.03. The van der Waals surface area contributed by atoms with Crippen LogP contribution >= 0.6 is 27.7 Å². The summed E-state index contributed by atoms with van der Waals surface area (Å²) in [5.41, 5.74) is 3.40. The zero-order valence-electron chi connectivity index (χ0n) is 11.6. The number of rotatable bonds is 4. The van der Waals surface area contributed by atoms with Crippen molar-refractivity contribution < 1.29 is 14.3 Å². The second-order valence-electron chi connectivity index (χ2n) is 4.83. The topological polar surface area (TPSA) is 37.3 Å². The summed E-state index contributed by atoms with van der Waals surface area (Å²) in [6, 6.07) is 9.15. The molecule has 0 spiro atoms. The smallest absolute Gasteiger partial charge is 0.336 e. The summed E-state index contributed by atoms with van der Waals surface area (Å²) in [7, 11) is 0. The minimum absolute atomic E-state index is 0.000391. The van der Waals surface area contributed by atoms with Crippen LogP contribution in [0.3, 0.4) is 0 Å². The minimum Gasteiger partial charge on any atom is -0.478 e. The molecule has 0 saturated heterocycles. The first-order chi connectivity index (χ1) is 9.88. The van der Waals surface area contributed by atoms with Crippen LogP contribution in [-0.4, -0.2) is 11.1 Å². The Morgan fingerprint density at radius 2 is 1.86 bits per heavy atom. The van der Waals surface area contributed by atoms with Gasteiger partial charge in [-0.1, -0.05) is 29.3 Å². The molecule has 2 rings (SSSR count). The van der Waals surface area contributed by atoms with Gasteiger partial charge in [0.2, 0.25) is 0 Å². The number of carbonyl (C=O) groups is 1. The summed E-state index contributed by atoms with van der Waals surface area (Å²) >= 11 is 4.37. The molecule has 0 radical (unpaired) electrons. The zero-order valence-corrected chi connectivity index (χ0v) is 14.0. The number of hydrogen-bond acceptors (Lipinski definition) is 2. The molecule has 0 saturated carbocycles. The monoisotopic (exact) mass is 368 g/mol. The fourth-order valence-corrected chi connectivity index (χ4v) is 3.65. The van der Waals surface area contributed by atoms with E-state index < -0.39 is 11.8 Å². The van der Waals surface area contributed by atoms with Gasteiger partial charge in [0, 0.05) is 10.6 Å². The van der Waals surface area contributed by atoms with E-state index in [1.54, 1.807) is 0 Å². The highest BCUT2D eigenvalue weighted by Gasteiger charge is 2.16. The van der Waals surface area contributed by atoms with E-state index in [1.807, 2.05) is 13.8 Å². The van der Waals surface area contributed by atoms with Crippen molar-refractivity contribution >= 4 is 33.7 Å². The molecule has 21 heavy (non-hydrogen) atoms. The van der Waals surface area contributed by atoms with Gasteiger partial charge in [0.15, 0.2) is 5.82 Å². The molecule has 110 valence electrons. The number of benzene rings is 2. The van der Waals surface area contributed by atoms with Crippen LogP contribution in [0, 0.1) is 19.7 Å². The predicted octanol–water partition coefficient (Wildman–Crippen LogP) is 5.20. The van der Waals surface area contributed by atoms with Crippen LogP contribution in [0.5, 0.6) is 0 Å². The lowest BCUT2D eigenvalue weighted by molar-refractivity contribution is 0.0695. The van der Waals surface area contributed by atoms with Crippen molar-refractivity contribution in [3.8, 4) is 0 Å². The number of carboxylic acids is 1. The summed E-state index contributed by atoms with van der Waals surface area (Å²) in [4.78, 5) is 11.4. The van der Waals surface area contributed by atoms with E-state index in [1.165, 1.54) is 35.0 Å². The van der Waals surface area contributed by atoms with Crippen LogP contribution in [0.1, 0.15) is 27.0 Å². The van der Waals surface area contributed by atoms with E-state index in [0.29, 0.717) is 10.6 Å². The molecule has 0 aliphatic heterocycles. The van der Waals surface area contributed by atoms with Gasteiger partial charge < -0.3 is 5.11 Å². The van der Waals surface area contributed by atoms with Crippen LogP contribution in [0.4, 0.5) is 4.39 Å². The first-order valence-corrected chi connectivity index (χ1v) is 8.07. The Hall–Kier alpha value is -1.33. The molecule has 2 aromatic rings. The van der Waals surface area contributed by atoms with Crippen molar-refractivity contribution in [3.63, 3.8) is 0 Å². The third kappa shape index (κ3) is 3.86. The van der Waals surface area contributed by atoms with Gasteiger partial charge in [0.25, 0.3) is 0 Å². The van der Waals surface area contributed by atoms with E-state index in [4.69, 9.17) is 5.11 Å². The Bertz CT molecular complexity index is 681. The van der Waals surface area contributed by atoms with Crippen molar-refractivity contribution in [3.05, 3.63) is 62.9 Å². The first kappa shape index (κ1) is 16.0. The Balaban J connectivity index is 2.21. The highest BCUT2D eigenvalue weighted by atomic mass is 79.9. The summed E-state index contributed by atoms with van der Waals surface area (Å²) in [6.45, 7) is 4.06. The van der Waals surface area contributed by atoms with Crippen molar-refractivity contribution in [2.45, 2.75) is 24.5 Å². The molecule has 5 heteroatoms. The van der Waals surface area contributed by atoms with Gasteiger partial charge in [-0.05, 0) is 47.5 Å². The van der Waals surface area contributed by atoms with Gasteiger partial charge in [-0.3, -0.25) is 0 Å². The molecule has 0 amide bonds. The van der Waals surface area contributed by atoms with Gasteiger partial charge in [-0.15, -0.1) is 11.8 Å². The van der Waals surface area contributed by atoms with Crippen LogP contribution < -0.4 is 0 Å². The molecule has 0 fully saturated rings. The van der Waals surface area contributed by atoms with Crippen molar-refractivity contribution in [1.82, 2.24) is 0 Å². The summed E-state index contributed by atoms with van der Waals surface area (Å²) < 4.78 is 14.2. The molecule has 0 aliphatic carbocycles. The highest BCUT2D eigenvalue weighted by molar-refractivity contribution is 9.10. The molecular formula is C16H14BrFO2S. The number of carboxylic acid groups (broad SMARTS) is 1. The van der Waals surface area contributed by atoms with Gasteiger partial charge >= 0.3 is 5.97 Å². The number of hydrogen-bond donors (Lipinski definition) is 1. The number of halogens is 2. The Kier molecular flexibility index (Phi) is 5.06. The highest BCUT2D eigenvalue weighted by Crippen LogP contribution is 2.32. The van der Waals surface area contributed by atoms with Crippen LogP contribution in [0.15, 0.2) is 39.7 Å². The van der Waals surface area contributed by atoms with Crippen LogP contribution in [0.2, 0.25) is 0 Å². The standard InChI is InChI=1S/C16H14BrFO2S/c1-9-5-10(2)7-11(6-9)8-21-13-4-3-12(16(19)20)14(17)15(13)18/h3-7H,8H2,1-2H3,(H,19,20). The lowest BCUT2D eigenvalue weighted by atomic mass is 10.1. The van der Waals surface area contributed by atoms with E-state index >= 15 is 0 Å².